The molecule has 0 atom stereocenters. The Bertz CT molecular complexity index is 1200. The Kier molecular flexibility index (Phi) is 7.60. The van der Waals surface area contributed by atoms with Gasteiger partial charge >= 0.3 is 5.97 Å². The van der Waals surface area contributed by atoms with Crippen LogP contribution in [0.2, 0.25) is 0 Å². The number of carboxylic acids is 1. The average molecular weight is 472 g/mol. The first kappa shape index (κ1) is 23.5. The summed E-state index contributed by atoms with van der Waals surface area (Å²) in [7, 11) is 4.14. The summed E-state index contributed by atoms with van der Waals surface area (Å²) in [6.07, 6.45) is 2.20. The molecule has 1 heterocycles. The fourth-order valence-corrected chi connectivity index (χ4v) is 4.65. The van der Waals surface area contributed by atoms with Gasteiger partial charge in [-0.1, -0.05) is 54.6 Å². The van der Waals surface area contributed by atoms with Crippen LogP contribution in [0, 0.1) is 0 Å². The van der Waals surface area contributed by atoms with E-state index in [4.69, 9.17) is 10.1 Å². The van der Waals surface area contributed by atoms with Crippen molar-refractivity contribution in [3.05, 3.63) is 101 Å². The predicted molar refractivity (Wildman–Crippen MR) is 141 cm³/mol. The number of carbonyl (C=O) groups is 1. The Hall–Kier alpha value is -3.64. The molecular weight excluding hydrogens is 442 g/mol. The highest BCUT2D eigenvalue weighted by molar-refractivity contribution is 7.14. The summed E-state index contributed by atoms with van der Waals surface area (Å²) in [6.45, 7) is 1.67. The first-order valence-corrected chi connectivity index (χ1v) is 12.2. The van der Waals surface area contributed by atoms with Crippen molar-refractivity contribution in [2.75, 3.05) is 30.4 Å². The molecule has 174 valence electrons. The molecule has 0 amide bonds. The smallest absolute Gasteiger partial charge is 0.335 e. The van der Waals surface area contributed by atoms with E-state index in [1.54, 1.807) is 23.5 Å². The number of hydrogen-bond donors (Lipinski definition) is 1. The maximum atomic E-state index is 11.0. The summed E-state index contributed by atoms with van der Waals surface area (Å²) in [5.41, 5.74) is 5.99. The van der Waals surface area contributed by atoms with Gasteiger partial charge in [0.1, 0.15) is 0 Å². The molecule has 0 radical (unpaired) electrons. The van der Waals surface area contributed by atoms with Crippen LogP contribution in [0.3, 0.4) is 0 Å². The third kappa shape index (κ3) is 6.02. The van der Waals surface area contributed by atoms with Crippen molar-refractivity contribution in [3.8, 4) is 11.3 Å². The molecule has 4 rings (SSSR count). The van der Waals surface area contributed by atoms with Crippen LogP contribution in [0.1, 0.15) is 27.9 Å². The normalized spacial score (nSPS) is 10.8. The van der Waals surface area contributed by atoms with Crippen molar-refractivity contribution in [1.29, 1.82) is 0 Å². The maximum Gasteiger partial charge on any atom is 0.335 e. The van der Waals surface area contributed by atoms with Crippen molar-refractivity contribution >= 4 is 28.1 Å². The van der Waals surface area contributed by atoms with Crippen molar-refractivity contribution in [3.63, 3.8) is 0 Å². The van der Waals surface area contributed by atoms with E-state index in [1.165, 1.54) is 11.3 Å². The molecule has 3 aromatic carbocycles. The maximum absolute atomic E-state index is 11.0. The number of rotatable bonds is 10. The standard InChI is InChI=1S/C28H29N3O2S/c1-30(18-6-9-21-7-4-3-5-8-21)25-16-14-23(15-17-25)26-20-34-28(29-26)31(2)19-22-10-12-24(13-11-22)27(32)33/h3-5,7-8,10-17,20H,6,9,18-19H2,1-2H3,(H,32,33). The van der Waals surface area contributed by atoms with E-state index in [0.717, 1.165) is 41.3 Å². The number of carboxylic acid groups (broad SMARTS) is 1. The predicted octanol–water partition coefficient (Wildman–Crippen LogP) is 6.21. The third-order valence-corrected chi connectivity index (χ3v) is 6.80. The second-order valence-corrected chi connectivity index (χ2v) is 9.27. The highest BCUT2D eigenvalue weighted by Crippen LogP contribution is 2.29. The minimum absolute atomic E-state index is 0.299. The lowest BCUT2D eigenvalue weighted by molar-refractivity contribution is 0.0697. The molecule has 4 aromatic rings. The van der Waals surface area contributed by atoms with E-state index in [-0.39, 0.29) is 0 Å². The molecule has 0 aliphatic heterocycles. The number of aromatic nitrogens is 1. The fourth-order valence-electron chi connectivity index (χ4n) is 3.85. The Morgan fingerprint density at radius 1 is 0.882 bits per heavy atom. The summed E-state index contributed by atoms with van der Waals surface area (Å²) >= 11 is 1.61. The summed E-state index contributed by atoms with van der Waals surface area (Å²) < 4.78 is 0. The molecule has 1 aromatic heterocycles. The van der Waals surface area contributed by atoms with Crippen LogP contribution in [0.25, 0.3) is 11.3 Å². The molecule has 34 heavy (non-hydrogen) atoms. The number of aromatic carboxylic acids is 1. The SMILES string of the molecule is CN(CCCc1ccccc1)c1ccc(-c2csc(N(C)Cc3ccc(C(=O)O)cc3)n2)cc1. The molecule has 0 aliphatic carbocycles. The summed E-state index contributed by atoms with van der Waals surface area (Å²) in [4.78, 5) is 20.2. The zero-order valence-corrected chi connectivity index (χ0v) is 20.3. The first-order valence-electron chi connectivity index (χ1n) is 11.3. The largest absolute Gasteiger partial charge is 0.478 e. The Morgan fingerprint density at radius 2 is 1.59 bits per heavy atom. The molecule has 6 heteroatoms. The van der Waals surface area contributed by atoms with E-state index in [9.17, 15) is 4.79 Å². The van der Waals surface area contributed by atoms with Crippen LogP contribution < -0.4 is 9.80 Å². The van der Waals surface area contributed by atoms with E-state index in [1.807, 2.05) is 19.2 Å². The number of thiazole rings is 1. The first-order chi connectivity index (χ1) is 16.5. The molecule has 0 aliphatic rings. The van der Waals surface area contributed by atoms with Gasteiger partial charge in [0.15, 0.2) is 5.13 Å². The summed E-state index contributed by atoms with van der Waals surface area (Å²) in [5.74, 6) is -0.908. The van der Waals surface area contributed by atoms with Crippen LogP contribution in [-0.2, 0) is 13.0 Å². The minimum Gasteiger partial charge on any atom is -0.478 e. The number of aryl methyl sites for hydroxylation is 1. The van der Waals surface area contributed by atoms with Gasteiger partial charge in [-0.3, -0.25) is 0 Å². The molecule has 0 spiro atoms. The van der Waals surface area contributed by atoms with Gasteiger partial charge in [-0.15, -0.1) is 11.3 Å². The molecule has 1 N–H and O–H groups in total. The second kappa shape index (κ2) is 11.0. The number of hydrogen-bond acceptors (Lipinski definition) is 5. The lowest BCUT2D eigenvalue weighted by atomic mass is 10.1. The lowest BCUT2D eigenvalue weighted by Crippen LogP contribution is -2.18. The topological polar surface area (TPSA) is 56.7 Å². The highest BCUT2D eigenvalue weighted by atomic mass is 32.1. The van der Waals surface area contributed by atoms with Crippen molar-refractivity contribution < 1.29 is 9.90 Å². The number of benzene rings is 3. The summed E-state index contributed by atoms with van der Waals surface area (Å²) in [5, 5.41) is 12.1. The van der Waals surface area contributed by atoms with Crippen molar-refractivity contribution in [2.24, 2.45) is 0 Å². The highest BCUT2D eigenvalue weighted by Gasteiger charge is 2.11. The van der Waals surface area contributed by atoms with Crippen molar-refractivity contribution in [2.45, 2.75) is 19.4 Å². The fraction of sp³-hybridized carbons (Fsp3) is 0.214. The van der Waals surface area contributed by atoms with Gasteiger partial charge in [0, 0.05) is 43.8 Å². The quantitative estimate of drug-likeness (QED) is 0.298. The monoisotopic (exact) mass is 471 g/mol. The van der Waals surface area contributed by atoms with Crippen LogP contribution >= 0.6 is 11.3 Å². The average Bonchev–Trinajstić information content (AvgIpc) is 3.36. The van der Waals surface area contributed by atoms with Gasteiger partial charge in [0.25, 0.3) is 0 Å². The van der Waals surface area contributed by atoms with Gasteiger partial charge < -0.3 is 14.9 Å². The molecule has 0 unspecified atom stereocenters. The lowest BCUT2D eigenvalue weighted by Gasteiger charge is -2.19. The number of anilines is 2. The van der Waals surface area contributed by atoms with Crippen LogP contribution in [0.15, 0.2) is 84.2 Å². The minimum atomic E-state index is -0.908. The van der Waals surface area contributed by atoms with E-state index >= 15 is 0 Å². The van der Waals surface area contributed by atoms with Gasteiger partial charge in [0.2, 0.25) is 0 Å². The Balaban J connectivity index is 1.33. The van der Waals surface area contributed by atoms with Crippen LogP contribution in [0.4, 0.5) is 10.8 Å². The van der Waals surface area contributed by atoms with E-state index < -0.39 is 5.97 Å². The Morgan fingerprint density at radius 3 is 2.26 bits per heavy atom. The molecule has 0 bridgehead atoms. The van der Waals surface area contributed by atoms with Gasteiger partial charge in [-0.2, -0.15) is 0 Å². The van der Waals surface area contributed by atoms with E-state index in [2.05, 4.69) is 76.8 Å². The molecular formula is C28H29N3O2S. The second-order valence-electron chi connectivity index (χ2n) is 8.43. The van der Waals surface area contributed by atoms with Gasteiger partial charge in [-0.05, 0) is 48.2 Å². The van der Waals surface area contributed by atoms with Crippen LogP contribution in [0.5, 0.6) is 0 Å². The zero-order valence-electron chi connectivity index (χ0n) is 19.5. The van der Waals surface area contributed by atoms with E-state index in [0.29, 0.717) is 12.1 Å². The molecule has 0 saturated heterocycles. The molecule has 0 fully saturated rings. The Labute approximate surface area is 204 Å². The third-order valence-electron chi connectivity index (χ3n) is 5.84. The van der Waals surface area contributed by atoms with Gasteiger partial charge in [0.05, 0.1) is 11.3 Å². The number of nitrogens with zero attached hydrogens (tertiary/aromatic N) is 3. The molecule has 5 nitrogen and oxygen atoms in total. The van der Waals surface area contributed by atoms with Crippen LogP contribution in [-0.4, -0.2) is 36.7 Å². The van der Waals surface area contributed by atoms with Gasteiger partial charge in [-0.25, -0.2) is 9.78 Å². The van der Waals surface area contributed by atoms with Crippen molar-refractivity contribution in [1.82, 2.24) is 4.98 Å². The summed E-state index contributed by atoms with van der Waals surface area (Å²) in [6, 6.07) is 26.2. The zero-order chi connectivity index (χ0) is 23.9. The molecule has 0 saturated carbocycles.